The second kappa shape index (κ2) is 38.2. The minimum Gasteiger partial charge on any atom is -0.480 e. The number of aromatic nitrogens is 3. The number of carboxylic acid groups (broad SMARTS) is 1. The Morgan fingerprint density at radius 3 is 1.76 bits per heavy atom. The Morgan fingerprint density at radius 1 is 0.673 bits per heavy atom. The number of aliphatic carboxylic acids is 1. The van der Waals surface area contributed by atoms with E-state index in [0.29, 0.717) is 56.0 Å². The second-order valence-corrected chi connectivity index (χ2v) is 26.4. The number of oxime groups is 1. The molecule has 3 amide bonds. The highest BCUT2D eigenvalue weighted by atomic mass is 32.2. The number of carbonyl (C=O) groups is 7. The molecular formula is C79H78N8O15S2. The van der Waals surface area contributed by atoms with Crippen LogP contribution in [0.2, 0.25) is 0 Å². The third-order valence-electron chi connectivity index (χ3n) is 15.7. The van der Waals surface area contributed by atoms with Crippen LogP contribution >= 0.6 is 11.8 Å². The number of rotatable bonds is 21. The first-order valence-electron chi connectivity index (χ1n) is 32.6. The van der Waals surface area contributed by atoms with Gasteiger partial charge in [-0.15, -0.1) is 16.9 Å². The van der Waals surface area contributed by atoms with Gasteiger partial charge >= 0.3 is 23.9 Å². The fourth-order valence-electron chi connectivity index (χ4n) is 10.1. The Hall–Kier alpha value is -11.9. The number of carboxylic acids is 1. The minimum absolute atomic E-state index is 0.0226. The molecule has 1 aromatic heterocycles. The molecule has 10 aromatic rings. The van der Waals surface area contributed by atoms with Gasteiger partial charge in [0.1, 0.15) is 29.9 Å². The number of hydroxylamine groups is 2. The maximum Gasteiger partial charge on any atom is 0.365 e. The number of hydrogen-bond donors (Lipinski definition) is 2. The van der Waals surface area contributed by atoms with E-state index in [4.69, 9.17) is 24.3 Å². The van der Waals surface area contributed by atoms with Gasteiger partial charge in [0.25, 0.3) is 11.8 Å². The molecule has 2 N–H and O–H groups in total. The normalized spacial score (nSPS) is 12.5. The number of imide groups is 1. The summed E-state index contributed by atoms with van der Waals surface area (Å²) in [7, 11) is -3.37. The number of aryl methyl sites for hydroxylation is 2. The standard InChI is InChI=1S/C26H32N2O4S.C16H16N2O3.C14H14O2S.C13H9N3O2.C10H7NO4/c1-5-20-6-8-21(9-7-20)18-31-24(29)19-32-27-25(22-10-12-23(33-4)13-11-22)26(2,3)28-14-16-30-17-15-28;19-15(17-13-7-3-1-4-8-13)11-18(12-16(20)21)14-9-5-2-6-10-14;1-11-3-7-13(8-4-11)17(15,16)14-9-5-12(2)6-10-14;17-13(10-6-2-1-3-7-10)18-16-12-9-5-4-8-11(12)14-15-16;1-6(12)15-11-9(13)7-4-2-3-5-8(7)10(11)14/h5-13H,1,14-19H2,2-4H3;1-10H,11-12H2,(H,17,19)(H,20,21);3-10H,1-2H3;1-9H;2-5H,1H3/b27-25-;;;;. The van der Waals surface area contributed by atoms with E-state index >= 15 is 0 Å². The molecule has 0 atom stereocenters. The number of nitrogens with zero attached hydrogens (tertiary/aromatic N) is 7. The van der Waals surface area contributed by atoms with Crippen molar-refractivity contribution in [1.82, 2.24) is 25.1 Å². The van der Waals surface area contributed by atoms with E-state index in [1.54, 1.807) is 151 Å². The Labute approximate surface area is 607 Å². The minimum atomic E-state index is -3.37. The molecule has 9 aromatic carbocycles. The third-order valence-corrected chi connectivity index (χ3v) is 18.2. The molecule has 1 saturated heterocycles. The monoisotopic (exact) mass is 1440 g/mol. The zero-order valence-electron chi connectivity index (χ0n) is 58.1. The van der Waals surface area contributed by atoms with E-state index in [1.807, 2.05) is 99.0 Å². The lowest BCUT2D eigenvalue weighted by molar-refractivity contribution is -0.165. The van der Waals surface area contributed by atoms with Crippen molar-refractivity contribution >= 4 is 97.4 Å². The molecule has 12 rings (SSSR count). The number of thioether (sulfide) groups is 1. The number of anilines is 2. The van der Waals surface area contributed by atoms with Crippen molar-refractivity contribution in [2.45, 2.75) is 61.5 Å². The van der Waals surface area contributed by atoms with Gasteiger partial charge in [-0.2, -0.15) is 0 Å². The zero-order valence-corrected chi connectivity index (χ0v) is 59.7. The summed E-state index contributed by atoms with van der Waals surface area (Å²) in [6.07, 6.45) is 3.82. The molecule has 0 radical (unpaired) electrons. The highest BCUT2D eigenvalue weighted by Gasteiger charge is 2.38. The molecular weight excluding hydrogens is 1370 g/mol. The van der Waals surface area contributed by atoms with Crippen LogP contribution < -0.4 is 15.1 Å². The van der Waals surface area contributed by atoms with Crippen LogP contribution in [0.15, 0.2) is 263 Å². The number of fused-ring (bicyclic) bond motifs is 2. The quantitative estimate of drug-likeness (QED) is 0.0169. The number of sulfone groups is 1. The summed E-state index contributed by atoms with van der Waals surface area (Å²) in [5.74, 6) is -4.09. The Balaban J connectivity index is 0.000000170. The molecule has 0 unspecified atom stereocenters. The molecule has 2 aliphatic rings. The number of nitrogens with one attached hydrogen (secondary N) is 1. The number of amides is 3. The van der Waals surface area contributed by atoms with Crippen molar-refractivity contribution in [3.63, 3.8) is 0 Å². The first-order valence-corrected chi connectivity index (χ1v) is 35.3. The summed E-state index contributed by atoms with van der Waals surface area (Å²) in [5, 5.41) is 24.3. The largest absolute Gasteiger partial charge is 0.480 e. The molecule has 0 aliphatic carbocycles. The van der Waals surface area contributed by atoms with Crippen LogP contribution in [0.1, 0.15) is 79.7 Å². The smallest absolute Gasteiger partial charge is 0.365 e. The average Bonchev–Trinajstić information content (AvgIpc) is 1.48. The van der Waals surface area contributed by atoms with Crippen molar-refractivity contribution < 1.29 is 71.1 Å². The van der Waals surface area contributed by atoms with Crippen LogP contribution in [-0.2, 0) is 54.8 Å². The van der Waals surface area contributed by atoms with Crippen LogP contribution in [0.25, 0.3) is 17.1 Å². The highest BCUT2D eigenvalue weighted by Crippen LogP contribution is 2.27. The van der Waals surface area contributed by atoms with Crippen molar-refractivity contribution in [2.24, 2.45) is 5.16 Å². The topological polar surface area (TPSA) is 285 Å². The van der Waals surface area contributed by atoms with Gasteiger partial charge in [-0.1, -0.05) is 178 Å². The molecule has 104 heavy (non-hydrogen) atoms. The van der Waals surface area contributed by atoms with Crippen LogP contribution in [0.4, 0.5) is 11.4 Å². The molecule has 25 heteroatoms. The molecule has 0 spiro atoms. The lowest BCUT2D eigenvalue weighted by atomic mass is 9.90. The summed E-state index contributed by atoms with van der Waals surface area (Å²) >= 11 is 1.69. The first-order chi connectivity index (χ1) is 50.0. The lowest BCUT2D eigenvalue weighted by Crippen LogP contribution is -2.54. The zero-order chi connectivity index (χ0) is 74.6. The van der Waals surface area contributed by atoms with E-state index in [-0.39, 0.29) is 43.3 Å². The van der Waals surface area contributed by atoms with E-state index in [1.165, 1.54) is 21.9 Å². The maximum atomic E-state index is 12.3. The Morgan fingerprint density at radius 2 is 1.21 bits per heavy atom. The van der Waals surface area contributed by atoms with Gasteiger partial charge in [0.15, 0.2) is 0 Å². The Bertz CT molecular complexity index is 4610. The van der Waals surface area contributed by atoms with Gasteiger partial charge in [0.2, 0.25) is 22.4 Å². The molecule has 0 saturated carbocycles. The molecule has 0 bridgehead atoms. The third kappa shape index (κ3) is 22.6. The summed E-state index contributed by atoms with van der Waals surface area (Å²) in [6.45, 7) is 15.6. The van der Waals surface area contributed by atoms with Crippen molar-refractivity contribution in [1.29, 1.82) is 0 Å². The van der Waals surface area contributed by atoms with Gasteiger partial charge in [-0.3, -0.25) is 24.1 Å². The van der Waals surface area contributed by atoms with Crippen LogP contribution in [0.5, 0.6) is 0 Å². The van der Waals surface area contributed by atoms with E-state index < -0.39 is 51.1 Å². The Kier molecular flexibility index (Phi) is 28.6. The van der Waals surface area contributed by atoms with Crippen LogP contribution in [-0.4, -0.2) is 144 Å². The van der Waals surface area contributed by atoms with Gasteiger partial charge < -0.3 is 39.3 Å². The lowest BCUT2D eigenvalue weighted by Gasteiger charge is -2.41. The van der Waals surface area contributed by atoms with E-state index in [0.717, 1.165) is 58.4 Å². The summed E-state index contributed by atoms with van der Waals surface area (Å²) in [5.41, 5.74) is 9.04. The number of morpholine rings is 1. The summed E-state index contributed by atoms with van der Waals surface area (Å²) in [6, 6.07) is 70.1. The van der Waals surface area contributed by atoms with Crippen molar-refractivity contribution in [3.05, 3.63) is 288 Å². The number of benzene rings is 9. The molecule has 3 heterocycles. The number of carbonyl (C=O) groups excluding carboxylic acids is 6. The highest BCUT2D eigenvalue weighted by molar-refractivity contribution is 7.98. The van der Waals surface area contributed by atoms with Crippen LogP contribution in [0.3, 0.4) is 0 Å². The fourth-order valence-corrected chi connectivity index (χ4v) is 11.8. The fraction of sp³-hybridized carbons (Fsp3) is 0.190. The number of ether oxygens (including phenoxy) is 2. The van der Waals surface area contributed by atoms with Gasteiger partial charge in [0, 0.05) is 41.8 Å². The van der Waals surface area contributed by atoms with Crippen LogP contribution in [0, 0.1) is 13.8 Å². The first kappa shape index (κ1) is 77.8. The number of esters is 1. The summed E-state index contributed by atoms with van der Waals surface area (Å²) < 4.78 is 35.4. The average molecular weight is 1440 g/mol. The predicted octanol–water partition coefficient (Wildman–Crippen LogP) is 12.4. The van der Waals surface area contributed by atoms with E-state index in [2.05, 4.69) is 63.1 Å². The predicted molar refractivity (Wildman–Crippen MR) is 396 cm³/mol. The van der Waals surface area contributed by atoms with Crippen molar-refractivity contribution in [2.75, 3.05) is 62.5 Å². The number of para-hydroxylation sites is 3. The van der Waals surface area contributed by atoms with E-state index in [9.17, 15) is 42.0 Å². The number of hydrogen-bond acceptors (Lipinski definition) is 20. The van der Waals surface area contributed by atoms with Gasteiger partial charge in [-0.25, -0.2) is 22.8 Å². The second-order valence-electron chi connectivity index (χ2n) is 23.6. The maximum absolute atomic E-state index is 12.3. The van der Waals surface area contributed by atoms with Gasteiger partial charge in [-0.05, 0) is 147 Å². The van der Waals surface area contributed by atoms with Gasteiger partial charge in [0.05, 0.1) is 51.8 Å². The molecule has 23 nitrogen and oxygen atoms in total. The molecule has 536 valence electrons. The van der Waals surface area contributed by atoms with Crippen molar-refractivity contribution in [3.8, 4) is 0 Å². The SMILES string of the molecule is C=Cc1ccc(COC(=O)CO/N=C(/c2ccc(SC)cc2)C(C)(C)N2CCOCC2)cc1.CC(=O)ON1C(=O)c2ccccc2C1=O.Cc1ccc(S(=O)(=O)c2ccc(C)cc2)cc1.O=C(O)CN(CC(=O)Nc1ccccc1)c1ccccc1.O=C(On1nnc2ccccc21)c1ccccc1. The molecule has 2 aliphatic heterocycles. The molecule has 1 fully saturated rings. The summed E-state index contributed by atoms with van der Waals surface area (Å²) in [4.78, 5) is 103.